The van der Waals surface area contributed by atoms with Crippen LogP contribution in [0.25, 0.3) is 0 Å². The molecule has 1 saturated heterocycles. The normalized spacial score (nSPS) is 20.9. The average Bonchev–Trinajstić information content (AvgIpc) is 2.63. The van der Waals surface area contributed by atoms with Crippen LogP contribution in [-0.2, 0) is 9.47 Å². The van der Waals surface area contributed by atoms with Crippen molar-refractivity contribution in [1.82, 2.24) is 0 Å². The summed E-state index contributed by atoms with van der Waals surface area (Å²) >= 11 is 0. The third kappa shape index (κ3) is 6.82. The van der Waals surface area contributed by atoms with E-state index in [1.165, 1.54) is 44.1 Å². The smallest absolute Gasteiger partial charge is 0.119 e. The summed E-state index contributed by atoms with van der Waals surface area (Å²) < 4.78 is 17.8. The molecular formula is C21H34O3. The molecule has 0 bridgehead atoms. The quantitative estimate of drug-likeness (QED) is 0.487. The Morgan fingerprint density at radius 3 is 2.29 bits per heavy atom. The lowest BCUT2D eigenvalue weighted by Gasteiger charge is -2.30. The second kappa shape index (κ2) is 11.5. The standard InChI is InChI=1S/C21H34O3/c1-3-5-7-9-15-22-19-13-11-18(12-14-19)21-17-23-20(16-24-21)10-8-6-4-2/h11-14,20-21H,3-10,15-17H2,1-2H3. The molecule has 1 heterocycles. The number of unbranched alkanes of at least 4 members (excludes halogenated alkanes) is 5. The van der Waals surface area contributed by atoms with Crippen LogP contribution in [0.4, 0.5) is 0 Å². The Labute approximate surface area is 147 Å². The zero-order valence-electron chi connectivity index (χ0n) is 15.5. The molecule has 0 saturated carbocycles. The topological polar surface area (TPSA) is 27.7 Å². The Kier molecular flexibility index (Phi) is 9.22. The fourth-order valence-corrected chi connectivity index (χ4v) is 3.02. The Morgan fingerprint density at radius 1 is 0.875 bits per heavy atom. The van der Waals surface area contributed by atoms with Crippen molar-refractivity contribution in [2.45, 2.75) is 77.4 Å². The van der Waals surface area contributed by atoms with Gasteiger partial charge >= 0.3 is 0 Å². The van der Waals surface area contributed by atoms with Gasteiger partial charge in [-0.3, -0.25) is 0 Å². The molecule has 0 aromatic heterocycles. The summed E-state index contributed by atoms with van der Waals surface area (Å²) in [6.45, 7) is 6.64. The van der Waals surface area contributed by atoms with Gasteiger partial charge in [0.25, 0.3) is 0 Å². The minimum Gasteiger partial charge on any atom is -0.494 e. The van der Waals surface area contributed by atoms with Crippen LogP contribution in [0.2, 0.25) is 0 Å². The van der Waals surface area contributed by atoms with Gasteiger partial charge in [-0.15, -0.1) is 0 Å². The van der Waals surface area contributed by atoms with Crippen LogP contribution in [0.5, 0.6) is 5.75 Å². The highest BCUT2D eigenvalue weighted by Gasteiger charge is 2.23. The summed E-state index contributed by atoms with van der Waals surface area (Å²) in [5, 5.41) is 0. The summed E-state index contributed by atoms with van der Waals surface area (Å²) in [4.78, 5) is 0. The zero-order chi connectivity index (χ0) is 17.0. The first-order valence-corrected chi connectivity index (χ1v) is 9.79. The summed E-state index contributed by atoms with van der Waals surface area (Å²) in [5.74, 6) is 0.949. The zero-order valence-corrected chi connectivity index (χ0v) is 15.5. The molecule has 2 unspecified atom stereocenters. The number of hydrogen-bond acceptors (Lipinski definition) is 3. The van der Waals surface area contributed by atoms with Crippen LogP contribution in [0.3, 0.4) is 0 Å². The van der Waals surface area contributed by atoms with Gasteiger partial charge in [0.15, 0.2) is 0 Å². The lowest BCUT2D eigenvalue weighted by Crippen LogP contribution is -2.31. The van der Waals surface area contributed by atoms with E-state index in [0.29, 0.717) is 13.2 Å². The van der Waals surface area contributed by atoms with Crippen molar-refractivity contribution in [3.63, 3.8) is 0 Å². The highest BCUT2D eigenvalue weighted by Crippen LogP contribution is 2.26. The average molecular weight is 335 g/mol. The largest absolute Gasteiger partial charge is 0.494 e. The molecule has 0 aliphatic carbocycles. The SMILES string of the molecule is CCCCCCOc1ccc(C2COC(CCCCC)CO2)cc1. The molecule has 1 aliphatic rings. The summed E-state index contributed by atoms with van der Waals surface area (Å²) in [6.07, 6.45) is 10.2. The molecule has 136 valence electrons. The van der Waals surface area contributed by atoms with Gasteiger partial charge in [0.2, 0.25) is 0 Å². The maximum absolute atomic E-state index is 6.01. The maximum atomic E-state index is 6.01. The van der Waals surface area contributed by atoms with Crippen molar-refractivity contribution in [1.29, 1.82) is 0 Å². The number of benzene rings is 1. The third-order valence-corrected chi connectivity index (χ3v) is 4.61. The van der Waals surface area contributed by atoms with Crippen LogP contribution in [0, 0.1) is 0 Å². The Bertz CT molecular complexity index is 421. The molecule has 1 aliphatic heterocycles. The van der Waals surface area contributed by atoms with Crippen molar-refractivity contribution in [3.8, 4) is 5.75 Å². The molecule has 24 heavy (non-hydrogen) atoms. The van der Waals surface area contributed by atoms with E-state index in [9.17, 15) is 0 Å². The number of hydrogen-bond donors (Lipinski definition) is 0. The number of rotatable bonds is 11. The molecule has 1 fully saturated rings. The van der Waals surface area contributed by atoms with Crippen molar-refractivity contribution >= 4 is 0 Å². The molecule has 3 nitrogen and oxygen atoms in total. The molecular weight excluding hydrogens is 300 g/mol. The lowest BCUT2D eigenvalue weighted by molar-refractivity contribution is -0.137. The first-order valence-electron chi connectivity index (χ1n) is 9.79. The van der Waals surface area contributed by atoms with Gasteiger partial charge in [0.05, 0.1) is 25.9 Å². The van der Waals surface area contributed by atoms with Crippen molar-refractivity contribution < 1.29 is 14.2 Å². The maximum Gasteiger partial charge on any atom is 0.119 e. The molecule has 0 amide bonds. The monoisotopic (exact) mass is 334 g/mol. The highest BCUT2D eigenvalue weighted by atomic mass is 16.6. The van der Waals surface area contributed by atoms with E-state index in [4.69, 9.17) is 14.2 Å². The van der Waals surface area contributed by atoms with Crippen LogP contribution in [-0.4, -0.2) is 25.9 Å². The third-order valence-electron chi connectivity index (χ3n) is 4.61. The van der Waals surface area contributed by atoms with Gasteiger partial charge in [-0.2, -0.15) is 0 Å². The van der Waals surface area contributed by atoms with Crippen molar-refractivity contribution in [2.24, 2.45) is 0 Å². The minimum absolute atomic E-state index is 0.0611. The van der Waals surface area contributed by atoms with Gasteiger partial charge in [0, 0.05) is 0 Å². The number of ether oxygens (including phenoxy) is 3. The fraction of sp³-hybridized carbons (Fsp3) is 0.714. The summed E-state index contributed by atoms with van der Waals surface area (Å²) in [5.41, 5.74) is 1.18. The van der Waals surface area contributed by atoms with E-state index >= 15 is 0 Å². The molecule has 0 N–H and O–H groups in total. The molecule has 1 aromatic rings. The van der Waals surface area contributed by atoms with Crippen LogP contribution < -0.4 is 4.74 Å². The first kappa shape index (κ1) is 19.3. The Morgan fingerprint density at radius 2 is 1.62 bits per heavy atom. The van der Waals surface area contributed by atoms with E-state index in [1.807, 2.05) is 12.1 Å². The molecule has 0 spiro atoms. The van der Waals surface area contributed by atoms with Crippen molar-refractivity contribution in [2.75, 3.05) is 19.8 Å². The van der Waals surface area contributed by atoms with E-state index in [1.54, 1.807) is 0 Å². The molecule has 1 aromatic carbocycles. The predicted molar refractivity (Wildman–Crippen MR) is 98.7 cm³/mol. The predicted octanol–water partition coefficient (Wildman–Crippen LogP) is 5.68. The fourth-order valence-electron chi connectivity index (χ4n) is 3.02. The van der Waals surface area contributed by atoms with Crippen LogP contribution >= 0.6 is 0 Å². The van der Waals surface area contributed by atoms with E-state index in [2.05, 4.69) is 26.0 Å². The van der Waals surface area contributed by atoms with E-state index in [0.717, 1.165) is 25.2 Å². The lowest BCUT2D eigenvalue weighted by atomic mass is 10.1. The minimum atomic E-state index is 0.0611. The molecule has 2 atom stereocenters. The first-order chi connectivity index (χ1) is 11.8. The molecule has 3 heteroatoms. The van der Waals surface area contributed by atoms with Crippen LogP contribution in [0.1, 0.15) is 76.9 Å². The molecule has 0 radical (unpaired) electrons. The van der Waals surface area contributed by atoms with Gasteiger partial charge in [-0.25, -0.2) is 0 Å². The second-order valence-corrected chi connectivity index (χ2v) is 6.75. The molecule has 2 rings (SSSR count). The van der Waals surface area contributed by atoms with Crippen molar-refractivity contribution in [3.05, 3.63) is 29.8 Å². The summed E-state index contributed by atoms with van der Waals surface area (Å²) in [7, 11) is 0. The van der Waals surface area contributed by atoms with Crippen LogP contribution in [0.15, 0.2) is 24.3 Å². The Balaban J connectivity index is 1.68. The summed E-state index contributed by atoms with van der Waals surface area (Å²) in [6, 6.07) is 8.30. The van der Waals surface area contributed by atoms with Gasteiger partial charge < -0.3 is 14.2 Å². The second-order valence-electron chi connectivity index (χ2n) is 6.75. The Hall–Kier alpha value is -1.06. The van der Waals surface area contributed by atoms with Gasteiger partial charge in [-0.1, -0.05) is 64.5 Å². The van der Waals surface area contributed by atoms with E-state index in [-0.39, 0.29) is 12.2 Å². The van der Waals surface area contributed by atoms with Gasteiger partial charge in [-0.05, 0) is 30.5 Å². The highest BCUT2D eigenvalue weighted by molar-refractivity contribution is 5.28. The van der Waals surface area contributed by atoms with E-state index < -0.39 is 0 Å². The van der Waals surface area contributed by atoms with Gasteiger partial charge in [0.1, 0.15) is 11.9 Å².